The standard InChI is InChI=1S/C15H22N6O2/c1-21-10-11(8-19-21)7-13-18-9-12(14(16)23)15(20-13)17-5-3-2-4-6-22/h8-10,22H,2-7H2,1H3,(H2,16,23)(H,17,18,20). The van der Waals surface area contributed by atoms with Gasteiger partial charge in [-0.2, -0.15) is 5.10 Å². The number of aryl methyl sites for hydroxylation is 1. The minimum absolute atomic E-state index is 0.190. The Hall–Kier alpha value is -2.48. The highest BCUT2D eigenvalue weighted by molar-refractivity contribution is 5.97. The molecule has 0 aliphatic rings. The smallest absolute Gasteiger partial charge is 0.254 e. The van der Waals surface area contributed by atoms with Gasteiger partial charge in [-0.15, -0.1) is 0 Å². The Morgan fingerprint density at radius 3 is 2.83 bits per heavy atom. The summed E-state index contributed by atoms with van der Waals surface area (Å²) in [7, 11) is 1.85. The van der Waals surface area contributed by atoms with E-state index in [0.717, 1.165) is 24.8 Å². The number of aromatic nitrogens is 4. The van der Waals surface area contributed by atoms with Crippen molar-refractivity contribution in [2.24, 2.45) is 12.8 Å². The van der Waals surface area contributed by atoms with E-state index in [1.54, 1.807) is 10.9 Å². The topological polar surface area (TPSA) is 119 Å². The van der Waals surface area contributed by atoms with E-state index in [1.807, 2.05) is 13.2 Å². The van der Waals surface area contributed by atoms with Gasteiger partial charge in [0.25, 0.3) is 5.91 Å². The van der Waals surface area contributed by atoms with Crippen LogP contribution >= 0.6 is 0 Å². The number of anilines is 1. The number of unbranched alkanes of at least 4 members (excludes halogenated alkanes) is 2. The third-order valence-electron chi connectivity index (χ3n) is 3.35. The maximum absolute atomic E-state index is 11.5. The van der Waals surface area contributed by atoms with Gasteiger partial charge < -0.3 is 16.2 Å². The Morgan fingerprint density at radius 1 is 1.35 bits per heavy atom. The van der Waals surface area contributed by atoms with E-state index in [1.165, 1.54) is 6.20 Å². The van der Waals surface area contributed by atoms with Crippen LogP contribution in [0.4, 0.5) is 5.82 Å². The van der Waals surface area contributed by atoms with Crippen LogP contribution in [0.1, 0.15) is 41.0 Å². The number of aliphatic hydroxyl groups is 1. The number of hydrogen-bond donors (Lipinski definition) is 3. The Labute approximate surface area is 134 Å². The van der Waals surface area contributed by atoms with E-state index in [-0.39, 0.29) is 12.2 Å². The number of carbonyl (C=O) groups is 1. The average Bonchev–Trinajstić information content (AvgIpc) is 2.92. The summed E-state index contributed by atoms with van der Waals surface area (Å²) < 4.78 is 1.72. The summed E-state index contributed by atoms with van der Waals surface area (Å²) in [5, 5.41) is 16.0. The predicted octanol–water partition coefficient (Wildman–Crippen LogP) is 0.474. The fourth-order valence-electron chi connectivity index (χ4n) is 2.18. The minimum Gasteiger partial charge on any atom is -0.396 e. The third kappa shape index (κ3) is 5.03. The molecule has 0 bridgehead atoms. The Balaban J connectivity index is 2.06. The van der Waals surface area contributed by atoms with Gasteiger partial charge in [-0.25, -0.2) is 9.97 Å². The summed E-state index contributed by atoms with van der Waals surface area (Å²) in [6.45, 7) is 0.846. The van der Waals surface area contributed by atoms with Crippen LogP contribution in [0.3, 0.4) is 0 Å². The summed E-state index contributed by atoms with van der Waals surface area (Å²) >= 11 is 0. The maximum Gasteiger partial charge on any atom is 0.254 e. The monoisotopic (exact) mass is 318 g/mol. The van der Waals surface area contributed by atoms with Crippen molar-refractivity contribution in [1.82, 2.24) is 19.7 Å². The molecule has 8 nitrogen and oxygen atoms in total. The molecule has 2 rings (SSSR count). The fraction of sp³-hybridized carbons (Fsp3) is 0.467. The van der Waals surface area contributed by atoms with Gasteiger partial charge in [-0.3, -0.25) is 9.48 Å². The van der Waals surface area contributed by atoms with Gasteiger partial charge in [0.15, 0.2) is 0 Å². The molecule has 2 aromatic rings. The second kappa shape index (κ2) is 8.23. The van der Waals surface area contributed by atoms with E-state index < -0.39 is 5.91 Å². The molecular weight excluding hydrogens is 296 g/mol. The lowest BCUT2D eigenvalue weighted by Crippen LogP contribution is -2.17. The van der Waals surface area contributed by atoms with Gasteiger partial charge in [0.1, 0.15) is 11.6 Å². The van der Waals surface area contributed by atoms with Crippen LogP contribution in [0.2, 0.25) is 0 Å². The number of rotatable bonds is 9. The molecule has 2 aromatic heterocycles. The van der Waals surface area contributed by atoms with Gasteiger partial charge in [0, 0.05) is 39.0 Å². The van der Waals surface area contributed by atoms with Crippen LogP contribution < -0.4 is 11.1 Å². The van der Waals surface area contributed by atoms with Gasteiger partial charge in [-0.05, 0) is 24.8 Å². The van der Waals surface area contributed by atoms with Crippen molar-refractivity contribution in [1.29, 1.82) is 0 Å². The molecule has 0 radical (unpaired) electrons. The van der Waals surface area contributed by atoms with Crippen LogP contribution in [-0.4, -0.2) is 43.9 Å². The zero-order valence-corrected chi connectivity index (χ0v) is 13.2. The van der Waals surface area contributed by atoms with Crippen molar-refractivity contribution >= 4 is 11.7 Å². The molecule has 2 heterocycles. The number of amides is 1. The maximum atomic E-state index is 11.5. The van der Waals surface area contributed by atoms with E-state index in [9.17, 15) is 4.79 Å². The first-order valence-corrected chi connectivity index (χ1v) is 7.58. The lowest BCUT2D eigenvalue weighted by Gasteiger charge is -2.10. The number of nitrogens with zero attached hydrogens (tertiary/aromatic N) is 4. The number of nitrogens with two attached hydrogens (primary N) is 1. The Kier molecular flexibility index (Phi) is 6.04. The molecule has 0 aromatic carbocycles. The van der Waals surface area contributed by atoms with E-state index in [2.05, 4.69) is 20.4 Å². The second-order valence-electron chi connectivity index (χ2n) is 5.32. The first-order chi connectivity index (χ1) is 11.1. The molecule has 0 aliphatic heterocycles. The van der Waals surface area contributed by atoms with Crippen molar-refractivity contribution in [2.45, 2.75) is 25.7 Å². The second-order valence-corrected chi connectivity index (χ2v) is 5.32. The summed E-state index contributed by atoms with van der Waals surface area (Å²) in [6.07, 6.45) is 8.19. The van der Waals surface area contributed by atoms with E-state index >= 15 is 0 Å². The normalized spacial score (nSPS) is 10.7. The Bertz CT molecular complexity index is 655. The van der Waals surface area contributed by atoms with Crippen LogP contribution in [0, 0.1) is 0 Å². The number of nitrogens with one attached hydrogen (secondary N) is 1. The highest BCUT2D eigenvalue weighted by Crippen LogP contribution is 2.13. The van der Waals surface area contributed by atoms with Gasteiger partial charge >= 0.3 is 0 Å². The molecule has 4 N–H and O–H groups in total. The zero-order chi connectivity index (χ0) is 16.7. The van der Waals surface area contributed by atoms with Crippen molar-refractivity contribution in [2.75, 3.05) is 18.5 Å². The van der Waals surface area contributed by atoms with Crippen LogP contribution in [0.25, 0.3) is 0 Å². The predicted molar refractivity (Wildman–Crippen MR) is 86.0 cm³/mol. The summed E-state index contributed by atoms with van der Waals surface area (Å²) in [5.74, 6) is 0.493. The molecule has 0 atom stereocenters. The SMILES string of the molecule is Cn1cc(Cc2ncc(C(N)=O)c(NCCCCCO)n2)cn1. The van der Waals surface area contributed by atoms with E-state index in [0.29, 0.717) is 24.6 Å². The van der Waals surface area contributed by atoms with Crippen molar-refractivity contribution in [3.8, 4) is 0 Å². The van der Waals surface area contributed by atoms with Crippen molar-refractivity contribution < 1.29 is 9.90 Å². The Morgan fingerprint density at radius 2 is 2.17 bits per heavy atom. The molecule has 0 fully saturated rings. The quantitative estimate of drug-likeness (QED) is 0.578. The molecule has 1 amide bonds. The molecule has 0 aliphatic carbocycles. The molecular formula is C15H22N6O2. The first kappa shape index (κ1) is 16.9. The molecule has 0 unspecified atom stereocenters. The summed E-state index contributed by atoms with van der Waals surface area (Å²) in [5.41, 5.74) is 6.64. The van der Waals surface area contributed by atoms with Crippen molar-refractivity contribution in [3.63, 3.8) is 0 Å². The largest absolute Gasteiger partial charge is 0.396 e. The molecule has 0 spiro atoms. The van der Waals surface area contributed by atoms with Crippen LogP contribution in [0.5, 0.6) is 0 Å². The van der Waals surface area contributed by atoms with E-state index in [4.69, 9.17) is 10.8 Å². The van der Waals surface area contributed by atoms with Gasteiger partial charge in [0.05, 0.1) is 11.8 Å². The van der Waals surface area contributed by atoms with Crippen LogP contribution in [0.15, 0.2) is 18.6 Å². The molecule has 0 saturated carbocycles. The lowest BCUT2D eigenvalue weighted by atomic mass is 10.2. The number of aliphatic hydroxyl groups excluding tert-OH is 1. The molecule has 23 heavy (non-hydrogen) atoms. The van der Waals surface area contributed by atoms with Crippen molar-refractivity contribution in [3.05, 3.63) is 35.5 Å². The zero-order valence-electron chi connectivity index (χ0n) is 13.2. The van der Waals surface area contributed by atoms with Gasteiger partial charge in [-0.1, -0.05) is 0 Å². The van der Waals surface area contributed by atoms with Gasteiger partial charge in [0.2, 0.25) is 0 Å². The highest BCUT2D eigenvalue weighted by Gasteiger charge is 2.12. The molecule has 0 saturated heterocycles. The summed E-state index contributed by atoms with van der Waals surface area (Å²) in [6, 6.07) is 0. The lowest BCUT2D eigenvalue weighted by molar-refractivity contribution is 0.100. The third-order valence-corrected chi connectivity index (χ3v) is 3.35. The average molecular weight is 318 g/mol. The minimum atomic E-state index is -0.559. The fourth-order valence-corrected chi connectivity index (χ4v) is 2.18. The highest BCUT2D eigenvalue weighted by atomic mass is 16.2. The van der Waals surface area contributed by atoms with Crippen LogP contribution in [-0.2, 0) is 13.5 Å². The number of primary amides is 1. The number of hydrogen-bond acceptors (Lipinski definition) is 6. The number of carbonyl (C=O) groups excluding carboxylic acids is 1. The summed E-state index contributed by atoms with van der Waals surface area (Å²) in [4.78, 5) is 20.1. The first-order valence-electron chi connectivity index (χ1n) is 7.58. The molecule has 8 heteroatoms. The molecule has 124 valence electrons.